The Bertz CT molecular complexity index is 974. The first kappa shape index (κ1) is 25.2. The molecular weight excluding hydrogens is 463 g/mol. The molecule has 7 nitrogen and oxygen atoms in total. The zero-order chi connectivity index (χ0) is 24.5. The number of piperazine rings is 1. The molecule has 1 saturated heterocycles. The molecule has 0 bridgehead atoms. The summed E-state index contributed by atoms with van der Waals surface area (Å²) in [4.78, 5) is 14.6. The number of alkyl halides is 3. The second kappa shape index (κ2) is 10.0. The minimum Gasteiger partial charge on any atom is -0.354 e. The summed E-state index contributed by atoms with van der Waals surface area (Å²) in [6, 6.07) is 2.20. The van der Waals surface area contributed by atoms with Gasteiger partial charge >= 0.3 is 6.18 Å². The molecule has 1 aliphatic heterocycles. The van der Waals surface area contributed by atoms with Crippen LogP contribution in [-0.4, -0.2) is 68.1 Å². The Hall–Kier alpha value is -1.88. The lowest BCUT2D eigenvalue weighted by Crippen LogP contribution is -2.47. The smallest absolute Gasteiger partial charge is 0.354 e. The van der Waals surface area contributed by atoms with Crippen molar-refractivity contribution in [2.75, 3.05) is 43.4 Å². The molecule has 1 saturated carbocycles. The van der Waals surface area contributed by atoms with Crippen molar-refractivity contribution in [2.45, 2.75) is 69.1 Å². The first-order chi connectivity index (χ1) is 16.0. The van der Waals surface area contributed by atoms with Crippen LogP contribution in [-0.2, 0) is 18.6 Å². The molecule has 1 aliphatic carbocycles. The van der Waals surface area contributed by atoms with E-state index in [-0.39, 0.29) is 5.41 Å². The van der Waals surface area contributed by atoms with Gasteiger partial charge in [-0.05, 0) is 25.8 Å². The van der Waals surface area contributed by atoms with Crippen molar-refractivity contribution in [2.24, 2.45) is 7.05 Å². The van der Waals surface area contributed by atoms with E-state index in [4.69, 9.17) is 9.97 Å². The van der Waals surface area contributed by atoms with Gasteiger partial charge in [0.25, 0.3) is 0 Å². The lowest BCUT2D eigenvalue weighted by molar-refractivity contribution is -0.147. The molecule has 0 unspecified atom stereocenters. The van der Waals surface area contributed by atoms with Crippen LogP contribution in [0.5, 0.6) is 0 Å². The first-order valence-corrected chi connectivity index (χ1v) is 13.0. The number of nitrogens with zero attached hydrogens (tertiary/aromatic N) is 7. The summed E-state index contributed by atoms with van der Waals surface area (Å²) in [6.45, 7) is 11.1. The quantitative estimate of drug-likeness (QED) is 0.412. The minimum atomic E-state index is -4.48. The van der Waals surface area contributed by atoms with Gasteiger partial charge in [-0.3, -0.25) is 4.90 Å². The number of hydrogen-bond acceptors (Lipinski definition) is 7. The summed E-state index contributed by atoms with van der Waals surface area (Å²) in [7, 11) is 1.36. The fourth-order valence-electron chi connectivity index (χ4n) is 4.20. The third-order valence-corrected chi connectivity index (χ3v) is 7.67. The van der Waals surface area contributed by atoms with E-state index in [1.54, 1.807) is 0 Å². The molecule has 2 aromatic heterocycles. The zero-order valence-electron chi connectivity index (χ0n) is 20.4. The highest BCUT2D eigenvalue weighted by molar-refractivity contribution is 7.99. The van der Waals surface area contributed by atoms with Crippen molar-refractivity contribution in [3.05, 3.63) is 23.4 Å². The highest BCUT2D eigenvalue weighted by Crippen LogP contribution is 2.37. The fraction of sp³-hybridized carbons (Fsp3) is 0.739. The van der Waals surface area contributed by atoms with Gasteiger partial charge in [0.2, 0.25) is 5.82 Å². The molecule has 0 radical (unpaired) electrons. The normalized spacial score (nSPS) is 18.4. The maximum atomic E-state index is 12.9. The van der Waals surface area contributed by atoms with Gasteiger partial charge in [0.15, 0.2) is 5.16 Å². The average Bonchev–Trinajstić information content (AvgIpc) is 3.10. The summed E-state index contributed by atoms with van der Waals surface area (Å²) >= 11 is 1.32. The Morgan fingerprint density at radius 2 is 1.74 bits per heavy atom. The maximum absolute atomic E-state index is 12.9. The highest BCUT2D eigenvalue weighted by Gasteiger charge is 2.37. The molecule has 0 spiro atoms. The Kier molecular flexibility index (Phi) is 7.42. The predicted octanol–water partition coefficient (Wildman–Crippen LogP) is 4.49. The van der Waals surface area contributed by atoms with Crippen molar-refractivity contribution in [1.29, 1.82) is 0 Å². The minimum absolute atomic E-state index is 0.0857. The van der Waals surface area contributed by atoms with E-state index >= 15 is 0 Å². The van der Waals surface area contributed by atoms with Crippen molar-refractivity contribution < 1.29 is 13.2 Å². The lowest BCUT2D eigenvalue weighted by atomic mass is 9.82. The van der Waals surface area contributed by atoms with E-state index < -0.39 is 12.0 Å². The van der Waals surface area contributed by atoms with E-state index in [0.29, 0.717) is 16.8 Å². The highest BCUT2D eigenvalue weighted by atomic mass is 32.2. The van der Waals surface area contributed by atoms with Crippen molar-refractivity contribution >= 4 is 17.6 Å². The SMILES string of the molecule is Cn1c(SCCCN2CCN(c3cc(C4CCC4)nc(C(C)(C)C)n3)CC2)nnc1C(F)(F)F. The van der Waals surface area contributed by atoms with Crippen LogP contribution in [0.2, 0.25) is 0 Å². The van der Waals surface area contributed by atoms with E-state index in [0.717, 1.165) is 55.4 Å². The maximum Gasteiger partial charge on any atom is 0.451 e. The topological polar surface area (TPSA) is 63.0 Å². The van der Waals surface area contributed by atoms with Crippen LogP contribution in [0, 0.1) is 0 Å². The molecule has 11 heteroatoms. The molecule has 0 atom stereocenters. The number of rotatable bonds is 7. The standard InChI is InChI=1S/C23H34F3N7S/c1-22(2,3)19-27-17(16-7-5-8-16)15-18(28-19)33-12-10-32(11-13-33)9-6-14-34-21-30-29-20(31(21)4)23(24,25)26/h15-16H,5-14H2,1-4H3. The summed E-state index contributed by atoms with van der Waals surface area (Å²) in [5, 5.41) is 7.27. The second-order valence-corrected chi connectivity index (χ2v) is 11.3. The third-order valence-electron chi connectivity index (χ3n) is 6.56. The molecule has 0 N–H and O–H groups in total. The second-order valence-electron chi connectivity index (χ2n) is 10.2. The van der Waals surface area contributed by atoms with Gasteiger partial charge in [-0.1, -0.05) is 39.0 Å². The number of anilines is 1. The lowest BCUT2D eigenvalue weighted by Gasteiger charge is -2.36. The molecule has 188 valence electrons. The van der Waals surface area contributed by atoms with Crippen molar-refractivity contribution in [3.63, 3.8) is 0 Å². The van der Waals surface area contributed by atoms with Crippen molar-refractivity contribution in [3.8, 4) is 0 Å². The Balaban J connectivity index is 1.27. The number of aromatic nitrogens is 5. The molecule has 34 heavy (non-hydrogen) atoms. The van der Waals surface area contributed by atoms with Gasteiger partial charge in [0.05, 0.1) is 0 Å². The molecule has 2 aliphatic rings. The van der Waals surface area contributed by atoms with Crippen LogP contribution in [0.15, 0.2) is 11.2 Å². The fourth-order valence-corrected chi connectivity index (χ4v) is 5.04. The Labute approximate surface area is 203 Å². The van der Waals surface area contributed by atoms with Gasteiger partial charge in [0, 0.05) is 62.1 Å². The Morgan fingerprint density at radius 1 is 1.03 bits per heavy atom. The van der Waals surface area contributed by atoms with Crippen LogP contribution in [0.25, 0.3) is 0 Å². The monoisotopic (exact) mass is 497 g/mol. The van der Waals surface area contributed by atoms with Crippen LogP contribution in [0.3, 0.4) is 0 Å². The number of halogens is 3. The summed E-state index contributed by atoms with van der Waals surface area (Å²) in [5.74, 6) is 2.28. The first-order valence-electron chi connectivity index (χ1n) is 12.0. The predicted molar refractivity (Wildman–Crippen MR) is 127 cm³/mol. The van der Waals surface area contributed by atoms with Crippen LogP contribution in [0.1, 0.15) is 69.7 Å². The molecule has 3 heterocycles. The van der Waals surface area contributed by atoms with E-state index in [1.165, 1.54) is 43.8 Å². The van der Waals surface area contributed by atoms with Crippen molar-refractivity contribution in [1.82, 2.24) is 29.6 Å². The number of hydrogen-bond donors (Lipinski definition) is 0. The summed E-state index contributed by atoms with van der Waals surface area (Å²) < 4.78 is 39.6. The van der Waals surface area contributed by atoms with Gasteiger partial charge in [-0.15, -0.1) is 10.2 Å². The molecule has 2 aromatic rings. The van der Waals surface area contributed by atoms with E-state index in [9.17, 15) is 13.2 Å². The molecule has 0 aromatic carbocycles. The third kappa shape index (κ3) is 5.84. The van der Waals surface area contributed by atoms with E-state index in [2.05, 4.69) is 46.8 Å². The molecule has 2 fully saturated rings. The van der Waals surface area contributed by atoms with Crippen LogP contribution < -0.4 is 4.90 Å². The molecule has 0 amide bonds. The van der Waals surface area contributed by atoms with Crippen LogP contribution >= 0.6 is 11.8 Å². The number of thioether (sulfide) groups is 1. The summed E-state index contributed by atoms with van der Waals surface area (Å²) in [5.41, 5.74) is 1.11. The van der Waals surface area contributed by atoms with Crippen LogP contribution in [0.4, 0.5) is 19.0 Å². The average molecular weight is 498 g/mol. The summed E-state index contributed by atoms with van der Waals surface area (Å²) in [6.07, 6.45) is 0.129. The van der Waals surface area contributed by atoms with Gasteiger partial charge in [-0.2, -0.15) is 13.2 Å². The molecular formula is C23H34F3N7S. The van der Waals surface area contributed by atoms with E-state index in [1.807, 2.05) is 0 Å². The largest absolute Gasteiger partial charge is 0.451 e. The van der Waals surface area contributed by atoms with Gasteiger partial charge < -0.3 is 9.47 Å². The van der Waals surface area contributed by atoms with Gasteiger partial charge in [0.1, 0.15) is 11.6 Å². The zero-order valence-corrected chi connectivity index (χ0v) is 21.2. The Morgan fingerprint density at radius 3 is 2.29 bits per heavy atom. The molecule has 4 rings (SSSR count). The van der Waals surface area contributed by atoms with Gasteiger partial charge in [-0.25, -0.2) is 9.97 Å².